The van der Waals surface area contributed by atoms with Crippen LogP contribution in [0.3, 0.4) is 0 Å². The fourth-order valence-corrected chi connectivity index (χ4v) is 9.18. The predicted molar refractivity (Wildman–Crippen MR) is 94.3 cm³/mol. The molecule has 2 heterocycles. The van der Waals surface area contributed by atoms with Gasteiger partial charge in [-0.25, -0.2) is 5.08 Å². The van der Waals surface area contributed by atoms with Crippen LogP contribution in [-0.4, -0.2) is 14.1 Å². The largest absolute Gasteiger partial charge is 0.306 e. The maximum Gasteiger partial charge on any atom is 0.0332 e. The van der Waals surface area contributed by atoms with Crippen molar-refractivity contribution in [3.63, 3.8) is 0 Å². The SMILES string of the molecule is Cc1c(C)c(C)p(-[b-]2ccccc2[Si](C)(C)C)c1C. The summed E-state index contributed by atoms with van der Waals surface area (Å²) in [6.07, 6.45) is 0. The summed E-state index contributed by atoms with van der Waals surface area (Å²) in [5.74, 6) is 2.46. The molecule has 0 aliphatic rings. The molecular formula is C16H25BPSi-. The van der Waals surface area contributed by atoms with Crippen LogP contribution in [0.2, 0.25) is 19.6 Å². The molecule has 0 aromatic carbocycles. The number of rotatable bonds is 2. The van der Waals surface area contributed by atoms with Gasteiger partial charge in [-0.05, 0) is 38.8 Å². The summed E-state index contributed by atoms with van der Waals surface area (Å²) >= 11 is 0. The van der Waals surface area contributed by atoms with Crippen LogP contribution in [0.5, 0.6) is 0 Å². The van der Waals surface area contributed by atoms with Gasteiger partial charge in [-0.2, -0.15) is 0 Å². The highest BCUT2D eigenvalue weighted by atomic mass is 31.1. The van der Waals surface area contributed by atoms with E-state index in [4.69, 9.17) is 0 Å². The van der Waals surface area contributed by atoms with Crippen LogP contribution in [0, 0.1) is 27.7 Å². The van der Waals surface area contributed by atoms with Crippen LogP contribution >= 0.6 is 7.41 Å². The predicted octanol–water partition coefficient (Wildman–Crippen LogP) is 4.79. The van der Waals surface area contributed by atoms with Gasteiger partial charge in [-0.15, -0.1) is 12.1 Å². The molecule has 102 valence electrons. The minimum absolute atomic E-state index is 0.149. The Hall–Kier alpha value is -0.588. The zero-order valence-electron chi connectivity index (χ0n) is 13.3. The molecular weight excluding hydrogens is 262 g/mol. The van der Waals surface area contributed by atoms with Gasteiger partial charge in [-0.1, -0.05) is 42.4 Å². The van der Waals surface area contributed by atoms with Crippen molar-refractivity contribution in [2.75, 3.05) is 0 Å². The molecule has 3 heteroatoms. The molecule has 0 spiro atoms. The van der Waals surface area contributed by atoms with Gasteiger partial charge in [-0.3, -0.25) is 5.96 Å². The van der Waals surface area contributed by atoms with E-state index < -0.39 is 8.07 Å². The first-order chi connectivity index (χ1) is 8.75. The molecule has 0 saturated heterocycles. The van der Waals surface area contributed by atoms with Crippen molar-refractivity contribution in [3.8, 4) is 0 Å². The lowest BCUT2D eigenvalue weighted by molar-refractivity contribution is 1.32. The molecule has 0 saturated carbocycles. The first-order valence-corrected chi connectivity index (χ1v) is 12.0. The van der Waals surface area contributed by atoms with Gasteiger partial charge in [0.2, 0.25) is 0 Å². The van der Waals surface area contributed by atoms with Crippen molar-refractivity contribution in [3.05, 3.63) is 45.9 Å². The topological polar surface area (TPSA) is 0 Å². The molecule has 0 amide bonds. The Morgan fingerprint density at radius 2 is 1.42 bits per heavy atom. The molecule has 0 nitrogen and oxygen atoms in total. The van der Waals surface area contributed by atoms with Gasteiger partial charge in [0.15, 0.2) is 0 Å². The van der Waals surface area contributed by atoms with Crippen LogP contribution in [0.15, 0.2) is 24.2 Å². The first kappa shape index (κ1) is 14.8. The maximum absolute atomic E-state index is 2.47. The van der Waals surface area contributed by atoms with E-state index in [-0.39, 0.29) is 7.41 Å². The van der Waals surface area contributed by atoms with Gasteiger partial charge >= 0.3 is 0 Å². The van der Waals surface area contributed by atoms with Crippen LogP contribution in [0.1, 0.15) is 21.7 Å². The molecule has 0 radical (unpaired) electrons. The fraction of sp³-hybridized carbons (Fsp3) is 0.438. The Labute approximate surface area is 120 Å². The van der Waals surface area contributed by atoms with E-state index in [1.54, 1.807) is 26.8 Å². The molecule has 0 aliphatic carbocycles. The number of hydrogen-bond acceptors (Lipinski definition) is 0. The molecule has 0 fully saturated rings. The second-order valence-corrected chi connectivity index (χ2v) is 14.4. The van der Waals surface area contributed by atoms with Crippen LogP contribution < -0.4 is 5.08 Å². The highest BCUT2D eigenvalue weighted by Gasteiger charge is 2.15. The van der Waals surface area contributed by atoms with E-state index >= 15 is 0 Å². The summed E-state index contributed by atoms with van der Waals surface area (Å²) in [6, 6.07) is 7.54. The van der Waals surface area contributed by atoms with E-state index in [2.05, 4.69) is 71.5 Å². The first-order valence-electron chi connectivity index (χ1n) is 7.12. The Morgan fingerprint density at radius 3 is 1.89 bits per heavy atom. The van der Waals surface area contributed by atoms with Crippen molar-refractivity contribution in [2.24, 2.45) is 0 Å². The third-order valence-corrected chi connectivity index (χ3v) is 10.1. The standard InChI is InChI=1S/C16H25BPSi/c1-12-13(2)15(4)18(14(12)3)17-11-9-8-10-16(17)19(5,6)7/h8-11H,1-7H3/q-1. The fourth-order valence-electron chi connectivity index (χ4n) is 3.02. The summed E-state index contributed by atoms with van der Waals surface area (Å²) < 4.78 is 0. The van der Waals surface area contributed by atoms with Gasteiger partial charge in [0.1, 0.15) is 0 Å². The molecule has 0 N–H and O–H groups in total. The lowest BCUT2D eigenvalue weighted by Crippen LogP contribution is -2.43. The van der Waals surface area contributed by atoms with Crippen molar-refractivity contribution >= 4 is 26.6 Å². The second-order valence-electron chi connectivity index (χ2n) is 6.69. The summed E-state index contributed by atoms with van der Waals surface area (Å²) in [6.45, 7) is 16.7. The lowest BCUT2D eigenvalue weighted by atomic mass is 9.93. The van der Waals surface area contributed by atoms with Crippen molar-refractivity contribution in [1.82, 2.24) is 0 Å². The molecule has 2 aromatic heterocycles. The highest BCUT2D eigenvalue weighted by Crippen LogP contribution is 2.43. The summed E-state index contributed by atoms with van der Waals surface area (Å²) in [5, 5.41) is 5.01. The quantitative estimate of drug-likeness (QED) is 0.697. The Balaban J connectivity index is 2.78. The molecule has 2 aromatic rings. The molecule has 19 heavy (non-hydrogen) atoms. The van der Waals surface area contributed by atoms with Gasteiger partial charge in [0, 0.05) is 8.07 Å². The van der Waals surface area contributed by atoms with Crippen molar-refractivity contribution in [1.29, 1.82) is 0 Å². The summed E-state index contributed by atoms with van der Waals surface area (Å²) in [7, 11) is -1.39. The van der Waals surface area contributed by atoms with E-state index in [0.29, 0.717) is 6.06 Å². The Bertz CT molecular complexity index is 595. The summed E-state index contributed by atoms with van der Waals surface area (Å²) in [5.41, 5.74) is 3.09. The van der Waals surface area contributed by atoms with E-state index in [1.807, 2.05) is 0 Å². The monoisotopic (exact) mass is 287 g/mol. The Morgan fingerprint density at radius 1 is 0.895 bits per heavy atom. The molecule has 0 atom stereocenters. The van der Waals surface area contributed by atoms with E-state index in [9.17, 15) is 0 Å². The average Bonchev–Trinajstić information content (AvgIpc) is 2.53. The molecule has 0 bridgehead atoms. The zero-order chi connectivity index (χ0) is 14.4. The molecule has 0 unspecified atom stereocenters. The Kier molecular flexibility index (Phi) is 3.95. The van der Waals surface area contributed by atoms with Crippen molar-refractivity contribution < 1.29 is 0 Å². The van der Waals surface area contributed by atoms with Crippen molar-refractivity contribution in [2.45, 2.75) is 47.3 Å². The van der Waals surface area contributed by atoms with Gasteiger partial charge < -0.3 is 7.41 Å². The summed E-state index contributed by atoms with van der Waals surface area (Å²) in [4.78, 5) is 0. The molecule has 0 aliphatic heterocycles. The van der Waals surface area contributed by atoms with Crippen LogP contribution in [0.25, 0.3) is 0 Å². The lowest BCUT2D eigenvalue weighted by Gasteiger charge is -2.31. The van der Waals surface area contributed by atoms with Gasteiger partial charge in [0.25, 0.3) is 0 Å². The normalized spacial score (nSPS) is 11.9. The maximum atomic E-state index is 2.47. The number of hydrogen-bond donors (Lipinski definition) is 0. The third kappa shape index (κ3) is 2.53. The minimum atomic E-state index is -1.24. The van der Waals surface area contributed by atoms with Crippen LogP contribution in [-0.2, 0) is 0 Å². The highest BCUT2D eigenvalue weighted by molar-refractivity contribution is 7.84. The third-order valence-electron chi connectivity index (χ3n) is 4.51. The van der Waals surface area contributed by atoms with E-state index in [0.717, 1.165) is 0 Å². The average molecular weight is 287 g/mol. The van der Waals surface area contributed by atoms with Crippen LogP contribution in [0.4, 0.5) is 0 Å². The zero-order valence-corrected chi connectivity index (χ0v) is 15.2. The second kappa shape index (κ2) is 5.07. The minimum Gasteiger partial charge on any atom is -0.306 e. The van der Waals surface area contributed by atoms with E-state index in [1.165, 1.54) is 0 Å². The van der Waals surface area contributed by atoms with Gasteiger partial charge in [0.05, 0.1) is 0 Å². The smallest absolute Gasteiger partial charge is 0.0332 e. The molecule has 2 rings (SSSR count).